The van der Waals surface area contributed by atoms with Crippen LogP contribution in [0.4, 0.5) is 0 Å². The maximum atomic E-state index is 2.44. The van der Waals surface area contributed by atoms with Crippen LogP contribution in [-0.4, -0.2) is 0 Å². The summed E-state index contributed by atoms with van der Waals surface area (Å²) in [5.74, 6) is 0. The second kappa shape index (κ2) is 9.66. The third kappa shape index (κ3) is 3.82. The molecule has 0 atom stereocenters. The van der Waals surface area contributed by atoms with Crippen LogP contribution in [-0.2, 0) is 0 Å². The molecule has 0 saturated carbocycles. The van der Waals surface area contributed by atoms with Gasteiger partial charge in [0.2, 0.25) is 0 Å². The minimum atomic E-state index is 1.24. The summed E-state index contributed by atoms with van der Waals surface area (Å²) in [4.78, 5) is 0. The van der Waals surface area contributed by atoms with Crippen LogP contribution in [0, 0.1) is 0 Å². The maximum absolute atomic E-state index is 2.44. The molecule has 0 aliphatic heterocycles. The number of rotatable bonds is 3. The Kier molecular flexibility index (Phi) is 5.47. The van der Waals surface area contributed by atoms with E-state index in [9.17, 15) is 0 Å². The molecule has 0 fully saturated rings. The third-order valence-corrected chi connectivity index (χ3v) is 9.97. The molecular formula is C42H26S. The van der Waals surface area contributed by atoms with Gasteiger partial charge in [0.15, 0.2) is 0 Å². The third-order valence-electron chi connectivity index (χ3n) is 8.84. The highest BCUT2D eigenvalue weighted by molar-refractivity contribution is 7.25. The van der Waals surface area contributed by atoms with E-state index in [2.05, 4.69) is 158 Å². The molecule has 200 valence electrons. The van der Waals surface area contributed by atoms with Crippen LogP contribution in [0.5, 0.6) is 0 Å². The van der Waals surface area contributed by atoms with E-state index in [1.165, 1.54) is 85.9 Å². The fourth-order valence-corrected chi connectivity index (χ4v) is 8.06. The van der Waals surface area contributed by atoms with Crippen LogP contribution in [0.1, 0.15) is 0 Å². The van der Waals surface area contributed by atoms with Crippen molar-refractivity contribution in [2.75, 3.05) is 0 Å². The first-order valence-corrected chi connectivity index (χ1v) is 15.6. The molecule has 0 amide bonds. The molecule has 1 heterocycles. The van der Waals surface area contributed by atoms with Crippen molar-refractivity contribution in [2.45, 2.75) is 0 Å². The van der Waals surface area contributed by atoms with Crippen molar-refractivity contribution in [3.8, 4) is 33.4 Å². The maximum Gasteiger partial charge on any atom is 0.0361 e. The highest BCUT2D eigenvalue weighted by Gasteiger charge is 2.18. The number of fused-ring (bicyclic) bond motifs is 6. The molecule has 0 N–H and O–H groups in total. The molecule has 0 nitrogen and oxygen atoms in total. The van der Waals surface area contributed by atoms with Crippen LogP contribution in [0.2, 0.25) is 0 Å². The van der Waals surface area contributed by atoms with E-state index in [1.54, 1.807) is 0 Å². The van der Waals surface area contributed by atoms with Gasteiger partial charge >= 0.3 is 0 Å². The molecule has 8 aromatic carbocycles. The van der Waals surface area contributed by atoms with Crippen LogP contribution < -0.4 is 0 Å². The normalized spacial score (nSPS) is 11.7. The summed E-state index contributed by atoms with van der Waals surface area (Å²) >= 11 is 1.88. The SMILES string of the molecule is c1ccc(-c2c3ccccc3c(-c3ccc4ccccc4c3)c3cc(-c4cccc5sc6ccccc6c45)ccc23)cc1. The van der Waals surface area contributed by atoms with Crippen molar-refractivity contribution in [3.05, 3.63) is 158 Å². The van der Waals surface area contributed by atoms with E-state index < -0.39 is 0 Å². The quantitative estimate of drug-likeness (QED) is 0.188. The lowest BCUT2D eigenvalue weighted by atomic mass is 9.84. The molecule has 0 spiro atoms. The van der Waals surface area contributed by atoms with Crippen LogP contribution in [0.3, 0.4) is 0 Å². The Morgan fingerprint density at radius 2 is 0.953 bits per heavy atom. The molecule has 0 radical (unpaired) electrons. The van der Waals surface area contributed by atoms with Gasteiger partial charge in [-0.05, 0) is 90.0 Å². The van der Waals surface area contributed by atoms with E-state index in [1.807, 2.05) is 11.3 Å². The second-order valence-electron chi connectivity index (χ2n) is 11.3. The average molecular weight is 563 g/mol. The fraction of sp³-hybridized carbons (Fsp3) is 0. The molecule has 0 aliphatic carbocycles. The first kappa shape index (κ1) is 24.4. The predicted octanol–water partition coefficient (Wildman–Crippen LogP) is 12.5. The zero-order valence-corrected chi connectivity index (χ0v) is 24.2. The standard InChI is InChI=1S/C42H26S/c1-2-12-28(13-3-1)40-33-15-6-7-16-34(33)41(31-22-21-27-11-4-5-14-29(27)25-31)37-26-30(23-24-35(37)40)32-18-10-20-39-42(32)36-17-8-9-19-38(36)43-39/h1-26H. The molecule has 0 saturated heterocycles. The second-order valence-corrected chi connectivity index (χ2v) is 12.3. The Balaban J connectivity index is 1.43. The number of benzene rings is 8. The van der Waals surface area contributed by atoms with Crippen LogP contribution >= 0.6 is 11.3 Å². The summed E-state index contributed by atoms with van der Waals surface area (Å²) in [5.41, 5.74) is 7.61. The van der Waals surface area contributed by atoms with E-state index >= 15 is 0 Å². The number of hydrogen-bond acceptors (Lipinski definition) is 1. The monoisotopic (exact) mass is 562 g/mol. The Bertz CT molecular complexity index is 2500. The van der Waals surface area contributed by atoms with Gasteiger partial charge < -0.3 is 0 Å². The Morgan fingerprint density at radius 3 is 1.79 bits per heavy atom. The van der Waals surface area contributed by atoms with Gasteiger partial charge in [-0.15, -0.1) is 11.3 Å². The molecule has 0 aliphatic rings. The van der Waals surface area contributed by atoms with Gasteiger partial charge in [-0.1, -0.05) is 133 Å². The van der Waals surface area contributed by atoms with Gasteiger partial charge in [0.1, 0.15) is 0 Å². The van der Waals surface area contributed by atoms with Crippen LogP contribution in [0.25, 0.3) is 85.9 Å². The minimum Gasteiger partial charge on any atom is -0.135 e. The van der Waals surface area contributed by atoms with Crippen molar-refractivity contribution >= 4 is 63.8 Å². The van der Waals surface area contributed by atoms with E-state index in [0.29, 0.717) is 0 Å². The number of hydrogen-bond donors (Lipinski definition) is 0. The van der Waals surface area contributed by atoms with Crippen molar-refractivity contribution in [1.82, 2.24) is 0 Å². The minimum absolute atomic E-state index is 1.24. The summed E-state index contributed by atoms with van der Waals surface area (Å²) in [6.07, 6.45) is 0. The summed E-state index contributed by atoms with van der Waals surface area (Å²) in [6.45, 7) is 0. The lowest BCUT2D eigenvalue weighted by Gasteiger charge is -2.19. The largest absolute Gasteiger partial charge is 0.135 e. The molecule has 0 unspecified atom stereocenters. The highest BCUT2D eigenvalue weighted by atomic mass is 32.1. The number of thiophene rings is 1. The molecule has 43 heavy (non-hydrogen) atoms. The van der Waals surface area contributed by atoms with Gasteiger partial charge in [0.05, 0.1) is 0 Å². The predicted molar refractivity (Wildman–Crippen MR) is 188 cm³/mol. The lowest BCUT2D eigenvalue weighted by molar-refractivity contribution is 1.65. The van der Waals surface area contributed by atoms with E-state index in [0.717, 1.165) is 0 Å². The Labute approximate surface area is 254 Å². The molecule has 9 aromatic rings. The Morgan fingerprint density at radius 1 is 0.326 bits per heavy atom. The molecular weight excluding hydrogens is 537 g/mol. The fourth-order valence-electron chi connectivity index (χ4n) is 6.93. The van der Waals surface area contributed by atoms with Gasteiger partial charge in [0.25, 0.3) is 0 Å². The molecule has 1 heteroatoms. The highest BCUT2D eigenvalue weighted by Crippen LogP contribution is 2.46. The van der Waals surface area contributed by atoms with Gasteiger partial charge in [-0.3, -0.25) is 0 Å². The first-order chi connectivity index (χ1) is 21.3. The summed E-state index contributed by atoms with van der Waals surface area (Å²) in [6, 6.07) is 58.0. The zero-order chi connectivity index (χ0) is 28.3. The summed E-state index contributed by atoms with van der Waals surface area (Å²) in [5, 5.41) is 10.3. The molecule has 1 aromatic heterocycles. The average Bonchev–Trinajstić information content (AvgIpc) is 3.46. The summed E-state index contributed by atoms with van der Waals surface area (Å²) in [7, 11) is 0. The molecule has 9 rings (SSSR count). The van der Waals surface area contributed by atoms with E-state index in [-0.39, 0.29) is 0 Å². The van der Waals surface area contributed by atoms with Gasteiger partial charge in [-0.25, -0.2) is 0 Å². The zero-order valence-electron chi connectivity index (χ0n) is 23.4. The van der Waals surface area contributed by atoms with Gasteiger partial charge in [-0.2, -0.15) is 0 Å². The van der Waals surface area contributed by atoms with Gasteiger partial charge in [0, 0.05) is 20.2 Å². The lowest BCUT2D eigenvalue weighted by Crippen LogP contribution is -1.92. The van der Waals surface area contributed by atoms with Crippen molar-refractivity contribution in [2.24, 2.45) is 0 Å². The topological polar surface area (TPSA) is 0 Å². The first-order valence-electron chi connectivity index (χ1n) is 14.8. The summed E-state index contributed by atoms with van der Waals surface area (Å²) < 4.78 is 2.66. The Hall–Kier alpha value is -5.24. The van der Waals surface area contributed by atoms with Crippen molar-refractivity contribution < 1.29 is 0 Å². The van der Waals surface area contributed by atoms with E-state index in [4.69, 9.17) is 0 Å². The van der Waals surface area contributed by atoms with Crippen molar-refractivity contribution in [3.63, 3.8) is 0 Å². The molecule has 0 bridgehead atoms. The van der Waals surface area contributed by atoms with Crippen molar-refractivity contribution in [1.29, 1.82) is 0 Å². The smallest absolute Gasteiger partial charge is 0.0361 e. The van der Waals surface area contributed by atoms with Crippen LogP contribution in [0.15, 0.2) is 158 Å².